The summed E-state index contributed by atoms with van der Waals surface area (Å²) in [6.07, 6.45) is 0. The summed E-state index contributed by atoms with van der Waals surface area (Å²) >= 11 is 0. The average molecular weight is 475 g/mol. The lowest BCUT2D eigenvalue weighted by Gasteiger charge is -2.29. The van der Waals surface area contributed by atoms with Crippen LogP contribution in [-0.2, 0) is 10.8 Å². The molecule has 2 amide bonds. The quantitative estimate of drug-likeness (QED) is 0.368. The second-order valence-electron chi connectivity index (χ2n) is 10.6. The molecule has 6 heteroatoms. The number of methoxy groups -OCH3 is 1. The SMILES string of the molecule is COc1c(C(C)(C)C)cc(C(=O)Nc2ccc(C(=O)Nc3ccc(O)cc3)cc2)cc1C(C)(C)C. The Labute approximate surface area is 207 Å². The lowest BCUT2D eigenvalue weighted by atomic mass is 9.78. The molecule has 3 aromatic rings. The average Bonchev–Trinajstić information content (AvgIpc) is 2.78. The Morgan fingerprint density at radius 3 is 1.49 bits per heavy atom. The minimum Gasteiger partial charge on any atom is -0.508 e. The van der Waals surface area contributed by atoms with Gasteiger partial charge in [0.1, 0.15) is 11.5 Å². The summed E-state index contributed by atoms with van der Waals surface area (Å²) in [7, 11) is 1.67. The molecule has 0 heterocycles. The largest absolute Gasteiger partial charge is 0.508 e. The molecule has 0 aromatic heterocycles. The number of benzene rings is 3. The van der Waals surface area contributed by atoms with E-state index >= 15 is 0 Å². The number of amides is 2. The molecule has 0 fully saturated rings. The second-order valence-corrected chi connectivity index (χ2v) is 10.6. The van der Waals surface area contributed by atoms with Crippen molar-refractivity contribution in [2.75, 3.05) is 17.7 Å². The van der Waals surface area contributed by atoms with E-state index in [9.17, 15) is 14.7 Å². The van der Waals surface area contributed by atoms with E-state index in [-0.39, 0.29) is 28.4 Å². The maximum Gasteiger partial charge on any atom is 0.255 e. The van der Waals surface area contributed by atoms with Gasteiger partial charge in [-0.2, -0.15) is 0 Å². The first kappa shape index (κ1) is 25.8. The van der Waals surface area contributed by atoms with Crippen LogP contribution < -0.4 is 15.4 Å². The van der Waals surface area contributed by atoms with Crippen LogP contribution >= 0.6 is 0 Å². The Morgan fingerprint density at radius 1 is 0.686 bits per heavy atom. The van der Waals surface area contributed by atoms with Crippen molar-refractivity contribution < 1.29 is 19.4 Å². The van der Waals surface area contributed by atoms with Crippen molar-refractivity contribution in [2.45, 2.75) is 52.4 Å². The topological polar surface area (TPSA) is 87.7 Å². The van der Waals surface area contributed by atoms with E-state index < -0.39 is 0 Å². The molecule has 0 bridgehead atoms. The molecule has 3 rings (SSSR count). The molecule has 6 nitrogen and oxygen atoms in total. The number of hydrogen-bond acceptors (Lipinski definition) is 4. The Balaban J connectivity index is 1.83. The number of ether oxygens (including phenoxy) is 1. The lowest BCUT2D eigenvalue weighted by Crippen LogP contribution is -2.22. The fraction of sp³-hybridized carbons (Fsp3) is 0.310. The van der Waals surface area contributed by atoms with E-state index in [1.54, 1.807) is 43.5 Å². The molecule has 35 heavy (non-hydrogen) atoms. The Bertz CT molecular complexity index is 1180. The Morgan fingerprint density at radius 2 is 1.09 bits per heavy atom. The maximum atomic E-state index is 13.2. The molecule has 3 aromatic carbocycles. The van der Waals surface area contributed by atoms with Gasteiger partial charge in [-0.3, -0.25) is 9.59 Å². The standard InChI is InChI=1S/C29H34N2O4/c1-28(2,3)23-16-19(17-24(25(23)35-7)29(4,5)6)27(34)31-20-10-8-18(9-11-20)26(33)30-21-12-14-22(32)15-13-21/h8-17,32H,1-7H3,(H,30,33)(H,31,34). The third-order valence-corrected chi connectivity index (χ3v) is 5.70. The zero-order valence-corrected chi connectivity index (χ0v) is 21.4. The molecule has 0 aliphatic carbocycles. The number of hydrogen-bond donors (Lipinski definition) is 3. The maximum absolute atomic E-state index is 13.2. The van der Waals surface area contributed by atoms with Crippen LogP contribution in [-0.4, -0.2) is 24.0 Å². The van der Waals surface area contributed by atoms with Crippen molar-refractivity contribution in [2.24, 2.45) is 0 Å². The number of phenolic OH excluding ortho intramolecular Hbond substituents is 1. The lowest BCUT2D eigenvalue weighted by molar-refractivity contribution is 0.101. The van der Waals surface area contributed by atoms with Crippen molar-refractivity contribution in [1.82, 2.24) is 0 Å². The highest BCUT2D eigenvalue weighted by molar-refractivity contribution is 6.06. The monoisotopic (exact) mass is 474 g/mol. The first-order valence-electron chi connectivity index (χ1n) is 11.5. The molecule has 0 saturated carbocycles. The van der Waals surface area contributed by atoms with Crippen LogP contribution in [0.5, 0.6) is 11.5 Å². The number of anilines is 2. The van der Waals surface area contributed by atoms with Gasteiger partial charge in [0, 0.05) is 33.6 Å². The molecular formula is C29H34N2O4. The molecule has 0 spiro atoms. The molecule has 3 N–H and O–H groups in total. The minimum absolute atomic E-state index is 0.129. The van der Waals surface area contributed by atoms with Crippen molar-refractivity contribution in [3.8, 4) is 11.5 Å². The van der Waals surface area contributed by atoms with E-state index in [0.717, 1.165) is 16.9 Å². The number of nitrogens with one attached hydrogen (secondary N) is 2. The van der Waals surface area contributed by atoms with Crippen LogP contribution in [0.15, 0.2) is 60.7 Å². The summed E-state index contributed by atoms with van der Waals surface area (Å²) in [6.45, 7) is 12.6. The second kappa shape index (κ2) is 9.82. The predicted octanol–water partition coefficient (Wildman–Crippen LogP) is 6.50. The van der Waals surface area contributed by atoms with Crippen molar-refractivity contribution >= 4 is 23.2 Å². The first-order valence-corrected chi connectivity index (χ1v) is 11.5. The van der Waals surface area contributed by atoms with E-state index in [2.05, 4.69) is 52.2 Å². The molecule has 0 aliphatic rings. The van der Waals surface area contributed by atoms with Gasteiger partial charge in [-0.15, -0.1) is 0 Å². The zero-order valence-electron chi connectivity index (χ0n) is 21.4. The zero-order chi connectivity index (χ0) is 26.0. The third kappa shape index (κ3) is 6.21. The Kier molecular flexibility index (Phi) is 7.25. The normalized spacial score (nSPS) is 11.6. The molecular weight excluding hydrogens is 440 g/mol. The van der Waals surface area contributed by atoms with Gasteiger partial charge >= 0.3 is 0 Å². The number of carbonyl (C=O) groups is 2. The van der Waals surface area contributed by atoms with E-state index in [0.29, 0.717) is 22.5 Å². The van der Waals surface area contributed by atoms with Crippen molar-refractivity contribution in [1.29, 1.82) is 0 Å². The highest BCUT2D eigenvalue weighted by Gasteiger charge is 2.28. The Hall–Kier alpha value is -3.80. The van der Waals surface area contributed by atoms with Crippen LogP contribution in [0.25, 0.3) is 0 Å². The van der Waals surface area contributed by atoms with Gasteiger partial charge in [-0.05, 0) is 71.5 Å². The van der Waals surface area contributed by atoms with Gasteiger partial charge in [0.25, 0.3) is 11.8 Å². The van der Waals surface area contributed by atoms with Gasteiger partial charge in [0.15, 0.2) is 0 Å². The molecule has 0 atom stereocenters. The summed E-state index contributed by atoms with van der Waals surface area (Å²) in [5.74, 6) is 0.424. The fourth-order valence-corrected chi connectivity index (χ4v) is 3.75. The number of phenols is 1. The van der Waals surface area contributed by atoms with Crippen LogP contribution in [0.2, 0.25) is 0 Å². The van der Waals surface area contributed by atoms with E-state index in [1.165, 1.54) is 12.1 Å². The van der Waals surface area contributed by atoms with Gasteiger partial charge in [0.05, 0.1) is 7.11 Å². The summed E-state index contributed by atoms with van der Waals surface area (Å²) in [6, 6.07) is 16.7. The van der Waals surface area contributed by atoms with Crippen molar-refractivity contribution in [3.63, 3.8) is 0 Å². The molecule has 0 aliphatic heterocycles. The van der Waals surface area contributed by atoms with Crippen molar-refractivity contribution in [3.05, 3.63) is 82.9 Å². The van der Waals surface area contributed by atoms with Crippen LogP contribution in [0, 0.1) is 0 Å². The molecule has 0 saturated heterocycles. The summed E-state index contributed by atoms with van der Waals surface area (Å²) in [5.41, 5.74) is 3.68. The summed E-state index contributed by atoms with van der Waals surface area (Å²) < 4.78 is 5.78. The summed E-state index contributed by atoms with van der Waals surface area (Å²) in [4.78, 5) is 25.7. The number of carbonyl (C=O) groups excluding carboxylic acids is 2. The smallest absolute Gasteiger partial charge is 0.255 e. The van der Waals surface area contributed by atoms with Gasteiger partial charge < -0.3 is 20.5 Å². The molecule has 184 valence electrons. The highest BCUT2D eigenvalue weighted by atomic mass is 16.5. The number of aromatic hydroxyl groups is 1. The first-order chi connectivity index (χ1) is 16.3. The van der Waals surface area contributed by atoms with Gasteiger partial charge in [-0.1, -0.05) is 41.5 Å². The van der Waals surface area contributed by atoms with Gasteiger partial charge in [0.2, 0.25) is 0 Å². The third-order valence-electron chi connectivity index (χ3n) is 5.70. The predicted molar refractivity (Wildman–Crippen MR) is 141 cm³/mol. The minimum atomic E-state index is -0.284. The van der Waals surface area contributed by atoms with Crippen LogP contribution in [0.4, 0.5) is 11.4 Å². The van der Waals surface area contributed by atoms with Crippen LogP contribution in [0.1, 0.15) is 73.4 Å². The molecule has 0 unspecified atom stereocenters. The van der Waals surface area contributed by atoms with E-state index in [1.807, 2.05) is 12.1 Å². The number of rotatable bonds is 5. The van der Waals surface area contributed by atoms with Gasteiger partial charge in [-0.25, -0.2) is 0 Å². The van der Waals surface area contributed by atoms with Crippen LogP contribution in [0.3, 0.4) is 0 Å². The molecule has 0 radical (unpaired) electrons. The summed E-state index contributed by atoms with van der Waals surface area (Å²) in [5, 5.41) is 15.1. The highest BCUT2D eigenvalue weighted by Crippen LogP contribution is 2.40. The van der Waals surface area contributed by atoms with E-state index in [4.69, 9.17) is 4.74 Å². The fourth-order valence-electron chi connectivity index (χ4n) is 3.75.